The van der Waals surface area contributed by atoms with Crippen molar-refractivity contribution in [3.63, 3.8) is 0 Å². The number of rotatable bonds is 1. The maximum absolute atomic E-state index is 11.5. The third kappa shape index (κ3) is 2.80. The molecule has 5 heteroatoms. The molecule has 0 aromatic rings. The van der Waals surface area contributed by atoms with E-state index in [0.29, 0.717) is 0 Å². The van der Waals surface area contributed by atoms with Crippen LogP contribution in [0.1, 0.15) is 0 Å². The zero-order valence-corrected chi connectivity index (χ0v) is 5.17. The molecule has 1 atom stereocenters. The van der Waals surface area contributed by atoms with Gasteiger partial charge >= 0.3 is 5.91 Å². The molecule has 0 radical (unpaired) electrons. The summed E-state index contributed by atoms with van der Waals surface area (Å²) in [4.78, 5) is 12.7. The first-order chi connectivity index (χ1) is 3.68. The number of halogens is 2. The first-order valence-corrected chi connectivity index (χ1v) is 2.43. The maximum atomic E-state index is 11.5. The molecule has 2 nitrogen and oxygen atoms in total. The number of carbonyl (C=O) groups is 1. The van der Waals surface area contributed by atoms with Gasteiger partial charge in [-0.3, -0.25) is 4.79 Å². The number of alkyl halides is 2. The standard InChI is InChI=1S/C3HClFNOS/c4-2(5)3(7)6-1-8/h2H. The molecule has 1 unspecified atom stereocenters. The summed E-state index contributed by atoms with van der Waals surface area (Å²) in [5.74, 6) is -1.11. The fraction of sp³-hybridized carbons (Fsp3) is 0.333. The Labute approximate surface area is 55.4 Å². The molecular formula is C3HClFNOS. The van der Waals surface area contributed by atoms with E-state index in [9.17, 15) is 9.18 Å². The first-order valence-electron chi connectivity index (χ1n) is 1.58. The molecular weight excluding hydrogens is 153 g/mol. The second kappa shape index (κ2) is 3.66. The molecule has 0 rings (SSSR count). The van der Waals surface area contributed by atoms with Crippen molar-refractivity contribution in [3.8, 4) is 0 Å². The number of hydrogen-bond donors (Lipinski definition) is 0. The summed E-state index contributed by atoms with van der Waals surface area (Å²) in [6.45, 7) is 0. The van der Waals surface area contributed by atoms with Crippen molar-refractivity contribution >= 4 is 34.9 Å². The van der Waals surface area contributed by atoms with E-state index in [4.69, 9.17) is 0 Å². The number of thiocarbonyl (C=S) groups is 1. The van der Waals surface area contributed by atoms with Crippen molar-refractivity contribution in [2.24, 2.45) is 4.99 Å². The summed E-state index contributed by atoms with van der Waals surface area (Å²) in [5, 5.41) is 1.68. The van der Waals surface area contributed by atoms with Crippen LogP contribution in [0.3, 0.4) is 0 Å². The van der Waals surface area contributed by atoms with Crippen molar-refractivity contribution in [3.05, 3.63) is 0 Å². The number of amides is 1. The number of isothiocyanates is 1. The van der Waals surface area contributed by atoms with E-state index < -0.39 is 11.5 Å². The average Bonchev–Trinajstić information content (AvgIpc) is 1.67. The van der Waals surface area contributed by atoms with Crippen LogP contribution in [0.5, 0.6) is 0 Å². The molecule has 0 spiro atoms. The van der Waals surface area contributed by atoms with Gasteiger partial charge < -0.3 is 0 Å². The van der Waals surface area contributed by atoms with Crippen LogP contribution in [0, 0.1) is 0 Å². The zero-order chi connectivity index (χ0) is 6.57. The first kappa shape index (κ1) is 7.69. The number of nitrogens with zero attached hydrogens (tertiary/aromatic N) is 1. The number of aliphatic imine (C=N–C) groups is 1. The fourth-order valence-electron chi connectivity index (χ4n) is 0.0938. The smallest absolute Gasteiger partial charge is 0.267 e. The molecule has 0 fully saturated rings. The third-order valence-electron chi connectivity index (χ3n) is 0.343. The highest BCUT2D eigenvalue weighted by Gasteiger charge is 2.09. The van der Waals surface area contributed by atoms with E-state index in [0.717, 1.165) is 0 Å². The fourth-order valence-corrected chi connectivity index (χ4v) is 0.233. The summed E-state index contributed by atoms with van der Waals surface area (Å²) in [5.41, 5.74) is -2.09. The molecule has 0 saturated carbocycles. The predicted octanol–water partition coefficient (Wildman–Crippen LogP) is 1.15. The SMILES string of the molecule is O=C(N=C=S)C(F)Cl. The normalized spacial score (nSPS) is 11.8. The van der Waals surface area contributed by atoms with E-state index in [1.165, 1.54) is 0 Å². The molecule has 0 N–H and O–H groups in total. The quantitative estimate of drug-likeness (QED) is 0.321. The lowest BCUT2D eigenvalue weighted by atomic mass is 10.7. The van der Waals surface area contributed by atoms with Crippen LogP contribution in [0.2, 0.25) is 0 Å². The molecule has 0 heterocycles. The topological polar surface area (TPSA) is 29.4 Å². The van der Waals surface area contributed by atoms with Gasteiger partial charge in [0.2, 0.25) is 0 Å². The van der Waals surface area contributed by atoms with Crippen molar-refractivity contribution in [2.75, 3.05) is 0 Å². The molecule has 0 aromatic heterocycles. The summed E-state index contributed by atoms with van der Waals surface area (Å²) in [7, 11) is 0. The van der Waals surface area contributed by atoms with Crippen molar-refractivity contribution in [2.45, 2.75) is 5.63 Å². The minimum absolute atomic E-state index is 1.11. The lowest BCUT2D eigenvalue weighted by molar-refractivity contribution is -0.119. The zero-order valence-electron chi connectivity index (χ0n) is 3.60. The Morgan fingerprint density at radius 3 is 2.62 bits per heavy atom. The summed E-state index contributed by atoms with van der Waals surface area (Å²) in [6.07, 6.45) is 0. The van der Waals surface area contributed by atoms with E-state index in [-0.39, 0.29) is 0 Å². The molecule has 0 saturated heterocycles. The van der Waals surface area contributed by atoms with Gasteiger partial charge in [-0.1, -0.05) is 11.6 Å². The van der Waals surface area contributed by atoms with E-state index in [2.05, 4.69) is 28.8 Å². The van der Waals surface area contributed by atoms with Crippen LogP contribution in [0.15, 0.2) is 4.99 Å². The second-order valence-corrected chi connectivity index (χ2v) is 1.41. The van der Waals surface area contributed by atoms with Gasteiger partial charge in [0.15, 0.2) is 0 Å². The highest BCUT2D eigenvalue weighted by molar-refractivity contribution is 7.78. The van der Waals surface area contributed by atoms with Gasteiger partial charge in [-0.05, 0) is 12.2 Å². The van der Waals surface area contributed by atoms with Crippen LogP contribution < -0.4 is 0 Å². The van der Waals surface area contributed by atoms with E-state index in [1.54, 1.807) is 5.16 Å². The van der Waals surface area contributed by atoms with E-state index in [1.807, 2.05) is 0 Å². The molecule has 0 aliphatic rings. The predicted molar refractivity (Wildman–Crippen MR) is 30.8 cm³/mol. The van der Waals surface area contributed by atoms with Gasteiger partial charge in [0.05, 0.1) is 5.16 Å². The van der Waals surface area contributed by atoms with Gasteiger partial charge in [-0.2, -0.15) is 4.99 Å². The Hall–Kier alpha value is -0.310. The lowest BCUT2D eigenvalue weighted by Crippen LogP contribution is -2.03. The van der Waals surface area contributed by atoms with Gasteiger partial charge in [-0.25, -0.2) is 4.39 Å². The summed E-state index contributed by atoms with van der Waals surface area (Å²) >= 11 is 8.60. The highest BCUT2D eigenvalue weighted by Crippen LogP contribution is 1.97. The summed E-state index contributed by atoms with van der Waals surface area (Å²) < 4.78 is 11.5. The summed E-state index contributed by atoms with van der Waals surface area (Å²) in [6, 6.07) is 0. The third-order valence-corrected chi connectivity index (χ3v) is 0.620. The Morgan fingerprint density at radius 2 is 2.50 bits per heavy atom. The van der Waals surface area contributed by atoms with Crippen LogP contribution in [0.25, 0.3) is 0 Å². The molecule has 0 aliphatic carbocycles. The monoisotopic (exact) mass is 153 g/mol. The molecule has 44 valence electrons. The Balaban J connectivity index is 3.84. The Bertz CT molecular complexity index is 142. The number of hydrogen-bond acceptors (Lipinski definition) is 2. The van der Waals surface area contributed by atoms with E-state index >= 15 is 0 Å². The Morgan fingerprint density at radius 1 is 2.00 bits per heavy atom. The largest absolute Gasteiger partial charge is 0.304 e. The molecule has 8 heavy (non-hydrogen) atoms. The lowest BCUT2D eigenvalue weighted by Gasteiger charge is -1.84. The van der Waals surface area contributed by atoms with Crippen LogP contribution in [0.4, 0.5) is 4.39 Å². The van der Waals surface area contributed by atoms with Gasteiger partial charge in [0.1, 0.15) is 0 Å². The van der Waals surface area contributed by atoms with Crippen molar-refractivity contribution in [1.29, 1.82) is 0 Å². The van der Waals surface area contributed by atoms with Gasteiger partial charge in [-0.15, -0.1) is 0 Å². The van der Waals surface area contributed by atoms with Crippen LogP contribution in [-0.4, -0.2) is 16.7 Å². The molecule has 0 aliphatic heterocycles. The second-order valence-electron chi connectivity index (χ2n) is 0.842. The minimum Gasteiger partial charge on any atom is -0.267 e. The maximum Gasteiger partial charge on any atom is 0.304 e. The van der Waals surface area contributed by atoms with Crippen LogP contribution >= 0.6 is 23.8 Å². The van der Waals surface area contributed by atoms with Gasteiger partial charge in [0.25, 0.3) is 5.63 Å². The molecule has 0 aromatic carbocycles. The Kier molecular flexibility index (Phi) is 3.52. The molecule has 0 bridgehead atoms. The molecule has 1 amide bonds. The van der Waals surface area contributed by atoms with Crippen LogP contribution in [-0.2, 0) is 4.79 Å². The highest BCUT2D eigenvalue weighted by atomic mass is 35.5. The van der Waals surface area contributed by atoms with Gasteiger partial charge in [0, 0.05) is 0 Å². The van der Waals surface area contributed by atoms with Crippen molar-refractivity contribution in [1.82, 2.24) is 0 Å². The minimum atomic E-state index is -2.09. The average molecular weight is 154 g/mol. The van der Waals surface area contributed by atoms with Crippen molar-refractivity contribution < 1.29 is 9.18 Å². The number of carbonyl (C=O) groups excluding carboxylic acids is 1.